The summed E-state index contributed by atoms with van der Waals surface area (Å²) in [5, 5.41) is 2.92. The van der Waals surface area contributed by atoms with Gasteiger partial charge in [-0.05, 0) is 30.3 Å². The maximum Gasteiger partial charge on any atom is 0.416 e. The number of ether oxygens (including phenoxy) is 1. The van der Waals surface area contributed by atoms with Gasteiger partial charge in [-0.2, -0.15) is 13.2 Å². The Morgan fingerprint density at radius 1 is 1.15 bits per heavy atom. The predicted octanol–water partition coefficient (Wildman–Crippen LogP) is 3.72. The first kappa shape index (κ1) is 14.2. The minimum absolute atomic E-state index is 0.232. The van der Waals surface area contributed by atoms with Crippen molar-refractivity contribution < 1.29 is 17.9 Å². The molecule has 3 nitrogen and oxygen atoms in total. The Labute approximate surface area is 114 Å². The number of nitrogens with one attached hydrogen (secondary N) is 1. The first-order chi connectivity index (χ1) is 9.50. The van der Waals surface area contributed by atoms with Crippen molar-refractivity contribution in [2.45, 2.75) is 12.8 Å². The number of hydrogen-bond acceptors (Lipinski definition) is 3. The Balaban J connectivity index is 2.04. The molecule has 106 valence electrons. The number of hydrogen-bond donors (Lipinski definition) is 1. The Morgan fingerprint density at radius 2 is 1.85 bits per heavy atom. The molecule has 0 atom stereocenters. The summed E-state index contributed by atoms with van der Waals surface area (Å²) < 4.78 is 42.7. The molecule has 0 fully saturated rings. The van der Waals surface area contributed by atoms with Gasteiger partial charge >= 0.3 is 6.18 Å². The van der Waals surface area contributed by atoms with E-state index in [1.807, 2.05) is 6.07 Å². The molecule has 1 aromatic carbocycles. The second kappa shape index (κ2) is 5.81. The van der Waals surface area contributed by atoms with Gasteiger partial charge in [0.25, 0.3) is 0 Å². The van der Waals surface area contributed by atoms with Crippen molar-refractivity contribution in [2.75, 3.05) is 12.4 Å². The summed E-state index contributed by atoms with van der Waals surface area (Å²) in [4.78, 5) is 4.12. The third-order valence-corrected chi connectivity index (χ3v) is 2.70. The lowest BCUT2D eigenvalue weighted by atomic mass is 10.2. The number of halogens is 3. The second-order valence-corrected chi connectivity index (χ2v) is 4.07. The number of alkyl halides is 3. The number of aromatic nitrogens is 1. The predicted molar refractivity (Wildman–Crippen MR) is 69.6 cm³/mol. The van der Waals surface area contributed by atoms with E-state index in [1.54, 1.807) is 19.3 Å². The average molecular weight is 282 g/mol. The van der Waals surface area contributed by atoms with Gasteiger partial charge in [0.2, 0.25) is 0 Å². The first-order valence-electron chi connectivity index (χ1n) is 5.92. The molecular weight excluding hydrogens is 269 g/mol. The zero-order valence-corrected chi connectivity index (χ0v) is 10.7. The van der Waals surface area contributed by atoms with Crippen LogP contribution in [-0.4, -0.2) is 12.0 Å². The molecule has 2 rings (SSSR count). The maximum atomic E-state index is 12.4. The molecule has 0 aliphatic rings. The highest BCUT2D eigenvalue weighted by Crippen LogP contribution is 2.30. The SMILES string of the molecule is CNc1ncccc1COc1ccc(C(F)(F)F)cc1. The molecule has 1 heterocycles. The molecule has 0 aliphatic carbocycles. The van der Waals surface area contributed by atoms with Crippen LogP contribution in [0, 0.1) is 0 Å². The van der Waals surface area contributed by atoms with E-state index in [0.717, 1.165) is 17.7 Å². The highest BCUT2D eigenvalue weighted by molar-refractivity contribution is 5.42. The van der Waals surface area contributed by atoms with Crippen LogP contribution in [0.4, 0.5) is 19.0 Å². The summed E-state index contributed by atoms with van der Waals surface area (Å²) >= 11 is 0. The van der Waals surface area contributed by atoms with Crippen LogP contribution in [0.25, 0.3) is 0 Å². The van der Waals surface area contributed by atoms with Crippen LogP contribution in [0.15, 0.2) is 42.6 Å². The minimum atomic E-state index is -4.33. The fraction of sp³-hybridized carbons (Fsp3) is 0.214. The first-order valence-corrected chi connectivity index (χ1v) is 5.92. The fourth-order valence-electron chi connectivity index (χ4n) is 1.68. The normalized spacial score (nSPS) is 11.2. The van der Waals surface area contributed by atoms with Gasteiger partial charge in [-0.3, -0.25) is 0 Å². The molecular formula is C14H13F3N2O. The summed E-state index contributed by atoms with van der Waals surface area (Å²) in [5.74, 6) is 1.06. The standard InChI is InChI=1S/C14H13F3N2O/c1-18-13-10(3-2-8-19-13)9-20-12-6-4-11(5-7-12)14(15,16)17/h2-8H,9H2,1H3,(H,18,19). The van der Waals surface area contributed by atoms with E-state index in [2.05, 4.69) is 10.3 Å². The van der Waals surface area contributed by atoms with Gasteiger partial charge in [-0.1, -0.05) is 6.07 Å². The van der Waals surface area contributed by atoms with Gasteiger partial charge in [0.05, 0.1) is 5.56 Å². The summed E-state index contributed by atoms with van der Waals surface area (Å²) in [6.45, 7) is 0.232. The summed E-state index contributed by atoms with van der Waals surface area (Å²) in [6, 6.07) is 8.21. The zero-order valence-electron chi connectivity index (χ0n) is 10.7. The van der Waals surface area contributed by atoms with E-state index in [4.69, 9.17) is 4.74 Å². The zero-order chi connectivity index (χ0) is 14.6. The maximum absolute atomic E-state index is 12.4. The molecule has 2 aromatic rings. The van der Waals surface area contributed by atoms with Crippen LogP contribution in [0.2, 0.25) is 0 Å². The Bertz CT molecular complexity index is 567. The Kier molecular flexibility index (Phi) is 4.12. The van der Waals surface area contributed by atoms with Gasteiger partial charge in [-0.15, -0.1) is 0 Å². The van der Waals surface area contributed by atoms with Crippen molar-refractivity contribution >= 4 is 5.82 Å². The van der Waals surface area contributed by atoms with E-state index >= 15 is 0 Å². The summed E-state index contributed by atoms with van der Waals surface area (Å²) in [6.07, 6.45) is -2.69. The lowest BCUT2D eigenvalue weighted by Gasteiger charge is -2.11. The molecule has 1 N–H and O–H groups in total. The third kappa shape index (κ3) is 3.40. The number of nitrogens with zero attached hydrogens (tertiary/aromatic N) is 1. The molecule has 0 saturated carbocycles. The Morgan fingerprint density at radius 3 is 2.45 bits per heavy atom. The summed E-state index contributed by atoms with van der Waals surface area (Å²) in [5.41, 5.74) is 0.136. The molecule has 0 bridgehead atoms. The molecule has 0 saturated heterocycles. The van der Waals surface area contributed by atoms with Crippen LogP contribution in [0.1, 0.15) is 11.1 Å². The van der Waals surface area contributed by atoms with Gasteiger partial charge in [-0.25, -0.2) is 4.98 Å². The quantitative estimate of drug-likeness (QED) is 0.928. The molecule has 1 aromatic heterocycles. The Hall–Kier alpha value is -2.24. The minimum Gasteiger partial charge on any atom is -0.489 e. The monoisotopic (exact) mass is 282 g/mol. The van der Waals surface area contributed by atoms with E-state index < -0.39 is 11.7 Å². The highest BCUT2D eigenvalue weighted by Gasteiger charge is 2.29. The van der Waals surface area contributed by atoms with Crippen molar-refractivity contribution in [1.29, 1.82) is 0 Å². The topological polar surface area (TPSA) is 34.2 Å². The third-order valence-electron chi connectivity index (χ3n) is 2.70. The van der Waals surface area contributed by atoms with Crippen LogP contribution in [0.5, 0.6) is 5.75 Å². The molecule has 0 amide bonds. The van der Waals surface area contributed by atoms with Crippen molar-refractivity contribution in [3.05, 3.63) is 53.7 Å². The molecule has 0 aliphatic heterocycles. The molecule has 0 radical (unpaired) electrons. The van der Waals surface area contributed by atoms with E-state index in [1.165, 1.54) is 12.1 Å². The van der Waals surface area contributed by atoms with Gasteiger partial charge in [0.1, 0.15) is 18.2 Å². The fourth-order valence-corrected chi connectivity index (χ4v) is 1.68. The lowest BCUT2D eigenvalue weighted by molar-refractivity contribution is -0.137. The molecule has 0 spiro atoms. The molecule has 20 heavy (non-hydrogen) atoms. The van der Waals surface area contributed by atoms with Crippen molar-refractivity contribution in [2.24, 2.45) is 0 Å². The second-order valence-electron chi connectivity index (χ2n) is 4.07. The van der Waals surface area contributed by atoms with Crippen molar-refractivity contribution in [3.63, 3.8) is 0 Å². The van der Waals surface area contributed by atoms with Gasteiger partial charge in [0, 0.05) is 18.8 Å². The smallest absolute Gasteiger partial charge is 0.416 e. The summed E-state index contributed by atoms with van der Waals surface area (Å²) in [7, 11) is 1.74. The molecule has 6 heteroatoms. The van der Waals surface area contributed by atoms with Crippen LogP contribution in [0.3, 0.4) is 0 Å². The largest absolute Gasteiger partial charge is 0.489 e. The molecule has 0 unspecified atom stereocenters. The number of rotatable bonds is 4. The number of anilines is 1. The van der Waals surface area contributed by atoms with Crippen molar-refractivity contribution in [1.82, 2.24) is 4.98 Å². The lowest BCUT2D eigenvalue weighted by Crippen LogP contribution is -2.05. The van der Waals surface area contributed by atoms with Crippen LogP contribution in [-0.2, 0) is 12.8 Å². The van der Waals surface area contributed by atoms with Crippen LogP contribution < -0.4 is 10.1 Å². The van der Waals surface area contributed by atoms with E-state index in [0.29, 0.717) is 11.6 Å². The van der Waals surface area contributed by atoms with Gasteiger partial charge < -0.3 is 10.1 Å². The van der Waals surface area contributed by atoms with E-state index in [9.17, 15) is 13.2 Å². The number of pyridine rings is 1. The van der Waals surface area contributed by atoms with Gasteiger partial charge in [0.15, 0.2) is 0 Å². The van der Waals surface area contributed by atoms with Crippen LogP contribution >= 0.6 is 0 Å². The van der Waals surface area contributed by atoms with E-state index in [-0.39, 0.29) is 6.61 Å². The highest BCUT2D eigenvalue weighted by atomic mass is 19.4. The van der Waals surface area contributed by atoms with Crippen molar-refractivity contribution in [3.8, 4) is 5.75 Å². The average Bonchev–Trinajstić information content (AvgIpc) is 2.45. The number of benzene rings is 1.